The van der Waals surface area contributed by atoms with E-state index in [-0.39, 0.29) is 5.03 Å². The van der Waals surface area contributed by atoms with E-state index in [1.54, 1.807) is 39.1 Å². The standard InChI is InChI=1S/C18H25N3O2S2/c1-18(2,3)25(22,23)17-5-4-15(12-20-17)19-8-10-21-9-6-16-14(13-21)7-11-24-16/h4-5,7,11-12,19H,6,8-10,13H2,1-3H3. The number of fused-ring (bicyclic) bond motifs is 1. The van der Waals surface area contributed by atoms with Crippen molar-refractivity contribution < 1.29 is 8.42 Å². The summed E-state index contributed by atoms with van der Waals surface area (Å²) in [6.07, 6.45) is 2.74. The van der Waals surface area contributed by atoms with Gasteiger partial charge in [-0.1, -0.05) is 0 Å². The van der Waals surface area contributed by atoms with E-state index in [1.165, 1.54) is 10.4 Å². The Morgan fingerprint density at radius 2 is 2.08 bits per heavy atom. The number of anilines is 1. The summed E-state index contributed by atoms with van der Waals surface area (Å²) in [7, 11) is -3.40. The molecule has 0 saturated carbocycles. The van der Waals surface area contributed by atoms with Gasteiger partial charge in [-0.2, -0.15) is 0 Å². The highest BCUT2D eigenvalue weighted by Gasteiger charge is 2.31. The minimum absolute atomic E-state index is 0.131. The monoisotopic (exact) mass is 379 g/mol. The summed E-state index contributed by atoms with van der Waals surface area (Å²) in [5.74, 6) is 0. The fraction of sp³-hybridized carbons (Fsp3) is 0.500. The Balaban J connectivity index is 1.53. The molecule has 0 saturated heterocycles. The van der Waals surface area contributed by atoms with Gasteiger partial charge in [-0.05, 0) is 56.3 Å². The first-order chi connectivity index (χ1) is 11.8. The van der Waals surface area contributed by atoms with Crippen molar-refractivity contribution >= 4 is 26.9 Å². The third kappa shape index (κ3) is 4.04. The third-order valence-corrected chi connectivity index (χ3v) is 7.89. The zero-order valence-corrected chi connectivity index (χ0v) is 16.6. The largest absolute Gasteiger partial charge is 0.383 e. The Hall–Kier alpha value is -1.44. The molecule has 0 radical (unpaired) electrons. The van der Waals surface area contributed by atoms with Gasteiger partial charge in [0, 0.05) is 31.1 Å². The van der Waals surface area contributed by atoms with E-state index in [1.807, 2.05) is 11.3 Å². The zero-order valence-electron chi connectivity index (χ0n) is 14.9. The third-order valence-electron chi connectivity index (χ3n) is 4.46. The number of thiophene rings is 1. The molecule has 0 aliphatic carbocycles. The van der Waals surface area contributed by atoms with E-state index >= 15 is 0 Å². The van der Waals surface area contributed by atoms with Gasteiger partial charge in [0.1, 0.15) is 0 Å². The molecule has 1 N–H and O–H groups in total. The van der Waals surface area contributed by atoms with E-state index in [4.69, 9.17) is 0 Å². The summed E-state index contributed by atoms with van der Waals surface area (Å²) in [6.45, 7) is 8.94. The second kappa shape index (κ2) is 7.05. The first-order valence-corrected chi connectivity index (χ1v) is 10.9. The number of nitrogens with zero attached hydrogens (tertiary/aromatic N) is 2. The maximum Gasteiger partial charge on any atom is 0.200 e. The van der Waals surface area contributed by atoms with Crippen LogP contribution in [-0.4, -0.2) is 42.7 Å². The van der Waals surface area contributed by atoms with Gasteiger partial charge in [0.25, 0.3) is 0 Å². The second-order valence-electron chi connectivity index (χ2n) is 7.32. The Labute approximate surface area is 154 Å². The van der Waals surface area contributed by atoms with Gasteiger partial charge < -0.3 is 5.32 Å². The molecule has 5 nitrogen and oxygen atoms in total. The van der Waals surface area contributed by atoms with E-state index in [9.17, 15) is 8.42 Å². The molecule has 1 aliphatic heterocycles. The molecule has 136 valence electrons. The van der Waals surface area contributed by atoms with Crippen LogP contribution in [0.15, 0.2) is 34.8 Å². The van der Waals surface area contributed by atoms with Gasteiger partial charge in [-0.15, -0.1) is 11.3 Å². The first kappa shape index (κ1) is 18.4. The molecule has 0 fully saturated rings. The van der Waals surface area contributed by atoms with E-state index in [2.05, 4.69) is 26.6 Å². The van der Waals surface area contributed by atoms with E-state index in [0.29, 0.717) is 0 Å². The number of nitrogens with one attached hydrogen (secondary N) is 1. The van der Waals surface area contributed by atoms with Crippen molar-refractivity contribution in [3.63, 3.8) is 0 Å². The lowest BCUT2D eigenvalue weighted by atomic mass is 10.1. The van der Waals surface area contributed by atoms with Crippen molar-refractivity contribution in [2.75, 3.05) is 25.0 Å². The molecule has 0 bridgehead atoms. The van der Waals surface area contributed by atoms with Crippen LogP contribution in [0.4, 0.5) is 5.69 Å². The first-order valence-electron chi connectivity index (χ1n) is 8.49. The lowest BCUT2D eigenvalue weighted by molar-refractivity contribution is 0.266. The molecule has 0 aromatic carbocycles. The van der Waals surface area contributed by atoms with Crippen LogP contribution in [0.25, 0.3) is 0 Å². The molecule has 0 unspecified atom stereocenters. The molecule has 2 aromatic rings. The van der Waals surface area contributed by atoms with Crippen LogP contribution < -0.4 is 5.32 Å². The average Bonchev–Trinajstić information content (AvgIpc) is 3.02. The molecule has 0 amide bonds. The maximum atomic E-state index is 12.4. The van der Waals surface area contributed by atoms with E-state index < -0.39 is 14.6 Å². The van der Waals surface area contributed by atoms with E-state index in [0.717, 1.165) is 38.3 Å². The molecule has 1 aliphatic rings. The normalized spacial score (nSPS) is 15.8. The van der Waals surface area contributed by atoms with Crippen molar-refractivity contribution in [1.29, 1.82) is 0 Å². The lowest BCUT2D eigenvalue weighted by Gasteiger charge is -2.26. The summed E-state index contributed by atoms with van der Waals surface area (Å²) >= 11 is 1.85. The topological polar surface area (TPSA) is 62.3 Å². The van der Waals surface area contributed by atoms with Gasteiger partial charge in [0.05, 0.1) is 16.6 Å². The molecular formula is C18H25N3O2S2. The Morgan fingerprint density at radius 1 is 1.28 bits per heavy atom. The summed E-state index contributed by atoms with van der Waals surface area (Å²) < 4.78 is 23.9. The van der Waals surface area contributed by atoms with Gasteiger partial charge in [0.2, 0.25) is 0 Å². The van der Waals surface area contributed by atoms with Crippen LogP contribution in [0.1, 0.15) is 31.2 Å². The van der Waals surface area contributed by atoms with Crippen LogP contribution in [0.5, 0.6) is 0 Å². The summed E-state index contributed by atoms with van der Waals surface area (Å²) in [5, 5.41) is 5.63. The quantitative estimate of drug-likeness (QED) is 0.864. The maximum absolute atomic E-state index is 12.4. The summed E-state index contributed by atoms with van der Waals surface area (Å²) in [4.78, 5) is 8.10. The highest BCUT2D eigenvalue weighted by atomic mass is 32.2. The fourth-order valence-corrected chi connectivity index (χ4v) is 4.77. The van der Waals surface area contributed by atoms with Crippen molar-refractivity contribution in [2.45, 2.75) is 43.5 Å². The second-order valence-corrected chi connectivity index (χ2v) is 11.0. The highest BCUT2D eigenvalue weighted by Crippen LogP contribution is 2.25. The fourth-order valence-electron chi connectivity index (χ4n) is 2.81. The van der Waals surface area contributed by atoms with Crippen molar-refractivity contribution in [1.82, 2.24) is 9.88 Å². The molecule has 0 atom stereocenters. The summed E-state index contributed by atoms with van der Waals surface area (Å²) in [5.41, 5.74) is 2.30. The van der Waals surface area contributed by atoms with Crippen LogP contribution in [0.3, 0.4) is 0 Å². The smallest absolute Gasteiger partial charge is 0.200 e. The minimum Gasteiger partial charge on any atom is -0.383 e. The predicted molar refractivity (Wildman–Crippen MR) is 103 cm³/mol. The average molecular weight is 380 g/mol. The van der Waals surface area contributed by atoms with Crippen LogP contribution in [-0.2, 0) is 22.8 Å². The molecule has 7 heteroatoms. The van der Waals surface area contributed by atoms with Crippen LogP contribution >= 0.6 is 11.3 Å². The lowest BCUT2D eigenvalue weighted by Crippen LogP contribution is -2.33. The number of sulfone groups is 1. The number of hydrogen-bond acceptors (Lipinski definition) is 6. The molecular weight excluding hydrogens is 354 g/mol. The van der Waals surface area contributed by atoms with Gasteiger partial charge in [-0.3, -0.25) is 4.90 Å². The number of hydrogen-bond donors (Lipinski definition) is 1. The van der Waals surface area contributed by atoms with Gasteiger partial charge >= 0.3 is 0 Å². The Morgan fingerprint density at radius 3 is 2.76 bits per heavy atom. The van der Waals surface area contributed by atoms with Crippen LogP contribution in [0, 0.1) is 0 Å². The SMILES string of the molecule is CC(C)(C)S(=O)(=O)c1ccc(NCCN2CCc3sccc3C2)cn1. The van der Waals surface area contributed by atoms with Gasteiger partial charge in [-0.25, -0.2) is 13.4 Å². The number of aromatic nitrogens is 1. The van der Waals surface area contributed by atoms with Crippen molar-refractivity contribution in [3.05, 3.63) is 40.2 Å². The molecule has 3 rings (SSSR count). The van der Waals surface area contributed by atoms with Crippen molar-refractivity contribution in [2.24, 2.45) is 0 Å². The Kier molecular flexibility index (Phi) is 5.18. The molecule has 3 heterocycles. The highest BCUT2D eigenvalue weighted by molar-refractivity contribution is 7.92. The number of pyridine rings is 1. The van der Waals surface area contributed by atoms with Crippen LogP contribution in [0.2, 0.25) is 0 Å². The zero-order chi connectivity index (χ0) is 18.1. The summed E-state index contributed by atoms with van der Waals surface area (Å²) in [6, 6.07) is 5.60. The minimum atomic E-state index is -3.40. The Bertz CT molecular complexity index is 821. The predicted octanol–water partition coefficient (Wildman–Crippen LogP) is 3.19. The van der Waals surface area contributed by atoms with Gasteiger partial charge in [0.15, 0.2) is 14.9 Å². The molecule has 0 spiro atoms. The van der Waals surface area contributed by atoms with Crippen molar-refractivity contribution in [3.8, 4) is 0 Å². The molecule has 25 heavy (non-hydrogen) atoms. The molecule has 2 aromatic heterocycles. The number of rotatable bonds is 5.